The van der Waals surface area contributed by atoms with Crippen molar-refractivity contribution in [3.8, 4) is 0 Å². The zero-order valence-corrected chi connectivity index (χ0v) is 9.13. The van der Waals surface area contributed by atoms with E-state index >= 15 is 0 Å². The highest BCUT2D eigenvalue weighted by atomic mass is 32.2. The smallest absolute Gasteiger partial charge is 0.304 e. The Kier molecular flexibility index (Phi) is 3.34. The van der Waals surface area contributed by atoms with E-state index in [1.165, 1.54) is 30.8 Å². The van der Waals surface area contributed by atoms with Gasteiger partial charge in [-0.2, -0.15) is 11.8 Å². The second kappa shape index (κ2) is 4.53. The van der Waals surface area contributed by atoms with Crippen LogP contribution in [0.15, 0.2) is 0 Å². The predicted octanol–water partition coefficient (Wildman–Crippen LogP) is 1.43. The van der Waals surface area contributed by atoms with Gasteiger partial charge >= 0.3 is 5.97 Å². The van der Waals surface area contributed by atoms with Gasteiger partial charge in [-0.25, -0.2) is 0 Å². The van der Waals surface area contributed by atoms with Crippen molar-refractivity contribution in [1.29, 1.82) is 0 Å². The summed E-state index contributed by atoms with van der Waals surface area (Å²) >= 11 is 2.00. The summed E-state index contributed by atoms with van der Waals surface area (Å²) in [4.78, 5) is 13.0. The maximum Gasteiger partial charge on any atom is 0.304 e. The summed E-state index contributed by atoms with van der Waals surface area (Å²) in [5, 5.41) is 8.68. The molecule has 2 fully saturated rings. The first-order valence-corrected chi connectivity index (χ1v) is 6.48. The van der Waals surface area contributed by atoms with E-state index in [0.717, 1.165) is 6.54 Å². The van der Waals surface area contributed by atoms with E-state index in [9.17, 15) is 4.79 Å². The van der Waals surface area contributed by atoms with Gasteiger partial charge in [-0.1, -0.05) is 0 Å². The number of carboxylic acids is 1. The molecule has 1 saturated heterocycles. The maximum atomic E-state index is 10.5. The Morgan fingerprint density at radius 1 is 1.36 bits per heavy atom. The SMILES string of the molecule is O=C(O)CCN(C1CC1)C1CCSC1. The van der Waals surface area contributed by atoms with Crippen molar-refractivity contribution in [2.24, 2.45) is 0 Å². The summed E-state index contributed by atoms with van der Waals surface area (Å²) in [5.41, 5.74) is 0. The van der Waals surface area contributed by atoms with Crippen LogP contribution in [0.2, 0.25) is 0 Å². The van der Waals surface area contributed by atoms with Crippen LogP contribution < -0.4 is 0 Å². The normalized spacial score (nSPS) is 27.1. The molecule has 4 heteroatoms. The Morgan fingerprint density at radius 3 is 2.64 bits per heavy atom. The lowest BCUT2D eigenvalue weighted by Crippen LogP contribution is -2.38. The molecule has 1 saturated carbocycles. The Bertz CT molecular complexity index is 212. The second-order valence-corrected chi connectivity index (χ2v) is 5.28. The zero-order valence-electron chi connectivity index (χ0n) is 8.32. The Balaban J connectivity index is 1.83. The number of nitrogens with zero attached hydrogens (tertiary/aromatic N) is 1. The summed E-state index contributed by atoms with van der Waals surface area (Å²) in [6.45, 7) is 0.755. The summed E-state index contributed by atoms with van der Waals surface area (Å²) in [6.07, 6.45) is 4.11. The zero-order chi connectivity index (χ0) is 9.97. The molecule has 1 N–H and O–H groups in total. The van der Waals surface area contributed by atoms with Crippen molar-refractivity contribution in [3.63, 3.8) is 0 Å². The molecular formula is C10H17NO2S. The van der Waals surface area contributed by atoms with Gasteiger partial charge in [-0.3, -0.25) is 9.69 Å². The fourth-order valence-corrected chi connectivity index (χ4v) is 3.31. The largest absolute Gasteiger partial charge is 0.481 e. The number of thioether (sulfide) groups is 1. The Labute approximate surface area is 88.9 Å². The second-order valence-electron chi connectivity index (χ2n) is 4.13. The minimum atomic E-state index is -0.665. The molecule has 1 heterocycles. The molecule has 0 spiro atoms. The molecule has 14 heavy (non-hydrogen) atoms. The predicted molar refractivity (Wildman–Crippen MR) is 57.7 cm³/mol. The number of hydrogen-bond acceptors (Lipinski definition) is 3. The van der Waals surface area contributed by atoms with Gasteiger partial charge in [0.25, 0.3) is 0 Å². The van der Waals surface area contributed by atoms with E-state index in [1.54, 1.807) is 0 Å². The van der Waals surface area contributed by atoms with Crippen LogP contribution in [0, 0.1) is 0 Å². The lowest BCUT2D eigenvalue weighted by atomic mass is 10.2. The van der Waals surface area contributed by atoms with Crippen LogP contribution in [0.3, 0.4) is 0 Å². The molecule has 80 valence electrons. The van der Waals surface area contributed by atoms with Gasteiger partial charge in [0.05, 0.1) is 6.42 Å². The van der Waals surface area contributed by atoms with Gasteiger partial charge in [0.15, 0.2) is 0 Å². The highest BCUT2D eigenvalue weighted by molar-refractivity contribution is 7.99. The first kappa shape index (κ1) is 10.3. The van der Waals surface area contributed by atoms with Crippen LogP contribution in [0.4, 0.5) is 0 Å². The molecule has 0 aromatic heterocycles. The number of carbonyl (C=O) groups is 1. The van der Waals surface area contributed by atoms with Gasteiger partial charge in [-0.05, 0) is 25.0 Å². The molecular weight excluding hydrogens is 198 g/mol. The molecule has 0 aromatic rings. The number of carboxylic acid groups (broad SMARTS) is 1. The minimum absolute atomic E-state index is 0.303. The quantitative estimate of drug-likeness (QED) is 0.753. The van der Waals surface area contributed by atoms with Crippen LogP contribution in [0.25, 0.3) is 0 Å². The van der Waals surface area contributed by atoms with Crippen molar-refractivity contribution in [1.82, 2.24) is 4.90 Å². The third-order valence-electron chi connectivity index (χ3n) is 2.97. The van der Waals surface area contributed by atoms with Crippen LogP contribution in [-0.4, -0.2) is 46.1 Å². The standard InChI is InChI=1S/C10H17NO2S/c12-10(13)3-5-11(8-1-2-8)9-4-6-14-7-9/h8-9H,1-7H2,(H,12,13). The van der Waals surface area contributed by atoms with Gasteiger partial charge in [0.2, 0.25) is 0 Å². The molecule has 1 aliphatic carbocycles. The van der Waals surface area contributed by atoms with E-state index in [0.29, 0.717) is 18.5 Å². The molecule has 2 aliphatic rings. The van der Waals surface area contributed by atoms with Crippen molar-refractivity contribution in [2.45, 2.75) is 37.8 Å². The summed E-state index contributed by atoms with van der Waals surface area (Å²) in [5.74, 6) is 1.79. The van der Waals surface area contributed by atoms with Crippen molar-refractivity contribution in [2.75, 3.05) is 18.1 Å². The highest BCUT2D eigenvalue weighted by Gasteiger charge is 2.35. The molecule has 1 aliphatic heterocycles. The molecule has 0 radical (unpaired) electrons. The Hall–Kier alpha value is -0.220. The summed E-state index contributed by atoms with van der Waals surface area (Å²) < 4.78 is 0. The topological polar surface area (TPSA) is 40.5 Å². The van der Waals surface area contributed by atoms with Crippen LogP contribution in [0.5, 0.6) is 0 Å². The van der Waals surface area contributed by atoms with Gasteiger partial charge < -0.3 is 5.11 Å². The fraction of sp³-hybridized carbons (Fsp3) is 0.900. The summed E-state index contributed by atoms with van der Waals surface area (Å²) in [6, 6.07) is 1.37. The lowest BCUT2D eigenvalue weighted by Gasteiger charge is -2.27. The van der Waals surface area contributed by atoms with Crippen molar-refractivity contribution < 1.29 is 9.90 Å². The molecule has 2 rings (SSSR count). The lowest BCUT2D eigenvalue weighted by molar-refractivity contribution is -0.137. The minimum Gasteiger partial charge on any atom is -0.481 e. The first-order valence-electron chi connectivity index (χ1n) is 5.32. The average Bonchev–Trinajstić information content (AvgIpc) is 2.81. The molecule has 0 bridgehead atoms. The Morgan fingerprint density at radius 2 is 2.14 bits per heavy atom. The van der Waals surface area contributed by atoms with Crippen molar-refractivity contribution >= 4 is 17.7 Å². The molecule has 0 aromatic carbocycles. The third-order valence-corrected chi connectivity index (χ3v) is 4.12. The molecule has 1 atom stereocenters. The van der Waals surface area contributed by atoms with Crippen LogP contribution >= 0.6 is 11.8 Å². The molecule has 0 amide bonds. The van der Waals surface area contributed by atoms with Gasteiger partial charge in [0.1, 0.15) is 0 Å². The van der Waals surface area contributed by atoms with Gasteiger partial charge in [-0.15, -0.1) is 0 Å². The van der Waals surface area contributed by atoms with Crippen LogP contribution in [-0.2, 0) is 4.79 Å². The number of aliphatic carboxylic acids is 1. The number of hydrogen-bond donors (Lipinski definition) is 1. The number of rotatable bonds is 5. The average molecular weight is 215 g/mol. The van der Waals surface area contributed by atoms with Crippen molar-refractivity contribution in [3.05, 3.63) is 0 Å². The third kappa shape index (κ3) is 2.64. The van der Waals surface area contributed by atoms with Crippen LogP contribution in [0.1, 0.15) is 25.7 Å². The monoisotopic (exact) mass is 215 g/mol. The highest BCUT2D eigenvalue weighted by Crippen LogP contribution is 2.33. The van der Waals surface area contributed by atoms with E-state index in [-0.39, 0.29) is 0 Å². The van der Waals surface area contributed by atoms with E-state index < -0.39 is 5.97 Å². The summed E-state index contributed by atoms with van der Waals surface area (Å²) in [7, 11) is 0. The fourth-order valence-electron chi connectivity index (χ4n) is 2.08. The van der Waals surface area contributed by atoms with Gasteiger partial charge in [0, 0.05) is 24.4 Å². The maximum absolute atomic E-state index is 10.5. The van der Waals surface area contributed by atoms with E-state index in [2.05, 4.69) is 4.90 Å². The molecule has 3 nitrogen and oxygen atoms in total. The van der Waals surface area contributed by atoms with E-state index in [1.807, 2.05) is 11.8 Å². The first-order chi connectivity index (χ1) is 6.77. The molecule has 1 unspecified atom stereocenters. The van der Waals surface area contributed by atoms with E-state index in [4.69, 9.17) is 5.11 Å².